The normalized spacial score (nSPS) is 29.8. The maximum Gasteiger partial charge on any atom is 0.238 e. The summed E-state index contributed by atoms with van der Waals surface area (Å²) in [5, 5.41) is 6.08. The lowest BCUT2D eigenvalue weighted by Crippen LogP contribution is -2.50. The molecule has 1 aliphatic carbocycles. The molecule has 0 bridgehead atoms. The van der Waals surface area contributed by atoms with Crippen molar-refractivity contribution in [2.45, 2.75) is 31.3 Å². The van der Waals surface area contributed by atoms with E-state index in [1.54, 1.807) is 0 Å². The Kier molecular flexibility index (Phi) is 3.03. The van der Waals surface area contributed by atoms with Crippen molar-refractivity contribution in [2.75, 3.05) is 26.7 Å². The monoisotopic (exact) mass is 197 g/mol. The molecule has 4 heteroatoms. The molecule has 1 unspecified atom stereocenters. The van der Waals surface area contributed by atoms with Gasteiger partial charge in [0.2, 0.25) is 5.91 Å². The number of rotatable bonds is 3. The summed E-state index contributed by atoms with van der Waals surface area (Å²) < 4.78 is 0. The number of amides is 1. The van der Waals surface area contributed by atoms with Gasteiger partial charge in [-0.2, -0.15) is 0 Å². The Balaban J connectivity index is 2.04. The summed E-state index contributed by atoms with van der Waals surface area (Å²) in [6.07, 6.45) is 3.63. The van der Waals surface area contributed by atoms with Crippen molar-refractivity contribution >= 4 is 5.91 Å². The molecule has 0 radical (unpaired) electrons. The summed E-state index contributed by atoms with van der Waals surface area (Å²) in [6, 6.07) is 0.729. The zero-order valence-corrected chi connectivity index (χ0v) is 8.75. The Labute approximate surface area is 85.0 Å². The van der Waals surface area contributed by atoms with Crippen LogP contribution in [-0.4, -0.2) is 49.6 Å². The molecule has 1 amide bonds. The van der Waals surface area contributed by atoms with E-state index >= 15 is 0 Å². The molecule has 1 aliphatic heterocycles. The quantitative estimate of drug-likeness (QED) is 0.644. The lowest BCUT2D eigenvalue weighted by atomic mass is 10.2. The van der Waals surface area contributed by atoms with E-state index < -0.39 is 0 Å². The molecule has 1 saturated carbocycles. The van der Waals surface area contributed by atoms with Crippen molar-refractivity contribution in [3.05, 3.63) is 0 Å². The topological polar surface area (TPSA) is 44.4 Å². The minimum absolute atomic E-state index is 0.0509. The van der Waals surface area contributed by atoms with Gasteiger partial charge in [-0.05, 0) is 26.3 Å². The summed E-state index contributed by atoms with van der Waals surface area (Å²) in [7, 11) is 1.91. The van der Waals surface area contributed by atoms with Crippen LogP contribution in [0.1, 0.15) is 19.3 Å². The van der Waals surface area contributed by atoms with Gasteiger partial charge in [0.15, 0.2) is 0 Å². The Hall–Kier alpha value is -0.610. The number of carbonyl (C=O) groups is 1. The molecule has 0 aromatic rings. The number of hydrogen-bond donors (Lipinski definition) is 2. The van der Waals surface area contributed by atoms with E-state index in [-0.39, 0.29) is 11.9 Å². The fraction of sp³-hybridized carbons (Fsp3) is 0.900. The molecule has 1 heterocycles. The lowest BCUT2D eigenvalue weighted by Gasteiger charge is -2.27. The first kappa shape index (κ1) is 9.93. The Morgan fingerprint density at radius 3 is 3.00 bits per heavy atom. The molecule has 2 N–H and O–H groups in total. The van der Waals surface area contributed by atoms with Gasteiger partial charge in [0.05, 0.1) is 0 Å². The van der Waals surface area contributed by atoms with E-state index in [4.69, 9.17) is 0 Å². The minimum Gasteiger partial charge on any atom is -0.355 e. The number of nitrogens with zero attached hydrogens (tertiary/aromatic N) is 1. The average Bonchev–Trinajstić information content (AvgIpc) is 2.96. The summed E-state index contributed by atoms with van der Waals surface area (Å²) in [6.45, 7) is 2.67. The van der Waals surface area contributed by atoms with Crippen molar-refractivity contribution in [1.82, 2.24) is 15.5 Å². The summed E-state index contributed by atoms with van der Waals surface area (Å²) >= 11 is 0. The van der Waals surface area contributed by atoms with Gasteiger partial charge in [-0.25, -0.2) is 0 Å². The first-order chi connectivity index (χ1) is 6.83. The minimum atomic E-state index is 0.0509. The molecular weight excluding hydrogens is 178 g/mol. The van der Waals surface area contributed by atoms with Gasteiger partial charge in [0.25, 0.3) is 0 Å². The molecule has 1 atom stereocenters. The maximum atomic E-state index is 11.8. The largest absolute Gasteiger partial charge is 0.355 e. The van der Waals surface area contributed by atoms with E-state index in [1.165, 1.54) is 12.8 Å². The van der Waals surface area contributed by atoms with Gasteiger partial charge >= 0.3 is 0 Å². The highest BCUT2D eigenvalue weighted by molar-refractivity contribution is 5.82. The SMILES string of the molecule is CNCC1C(=O)NCCCN1C1CC1. The molecule has 2 fully saturated rings. The molecule has 2 rings (SSSR count). The number of likely N-dealkylation sites (N-methyl/N-ethyl adjacent to an activating group) is 1. The van der Waals surface area contributed by atoms with Gasteiger partial charge in [-0.3, -0.25) is 9.69 Å². The van der Waals surface area contributed by atoms with Crippen molar-refractivity contribution in [1.29, 1.82) is 0 Å². The zero-order valence-electron chi connectivity index (χ0n) is 8.75. The van der Waals surface area contributed by atoms with Gasteiger partial charge in [-0.1, -0.05) is 0 Å². The first-order valence-electron chi connectivity index (χ1n) is 5.51. The molecule has 2 aliphatic rings. The smallest absolute Gasteiger partial charge is 0.238 e. The fourth-order valence-corrected chi connectivity index (χ4v) is 2.14. The molecule has 4 nitrogen and oxygen atoms in total. The van der Waals surface area contributed by atoms with Crippen molar-refractivity contribution < 1.29 is 4.79 Å². The Bertz CT molecular complexity index is 215. The van der Waals surface area contributed by atoms with Crippen molar-refractivity contribution in [3.63, 3.8) is 0 Å². The predicted molar refractivity (Wildman–Crippen MR) is 55.1 cm³/mol. The lowest BCUT2D eigenvalue weighted by molar-refractivity contribution is -0.125. The third-order valence-corrected chi connectivity index (χ3v) is 3.01. The predicted octanol–water partition coefficient (Wildman–Crippen LogP) is -0.441. The maximum absolute atomic E-state index is 11.8. The third kappa shape index (κ3) is 2.07. The van der Waals surface area contributed by atoms with Crippen LogP contribution in [0.3, 0.4) is 0 Å². The van der Waals surface area contributed by atoms with Crippen LogP contribution >= 0.6 is 0 Å². The molecule has 1 saturated heterocycles. The van der Waals surface area contributed by atoms with E-state index in [1.807, 2.05) is 7.05 Å². The van der Waals surface area contributed by atoms with E-state index in [0.717, 1.165) is 26.1 Å². The molecule has 0 aromatic carbocycles. The molecular formula is C10H19N3O. The van der Waals surface area contributed by atoms with Crippen LogP contribution in [0.15, 0.2) is 0 Å². The highest BCUT2D eigenvalue weighted by atomic mass is 16.2. The Morgan fingerprint density at radius 1 is 1.57 bits per heavy atom. The number of carbonyl (C=O) groups excluding carboxylic acids is 1. The van der Waals surface area contributed by atoms with Gasteiger partial charge in [0.1, 0.15) is 6.04 Å². The van der Waals surface area contributed by atoms with Crippen LogP contribution in [0.2, 0.25) is 0 Å². The van der Waals surface area contributed by atoms with Crippen LogP contribution in [0.4, 0.5) is 0 Å². The summed E-state index contributed by atoms with van der Waals surface area (Å²) in [4.78, 5) is 14.1. The average molecular weight is 197 g/mol. The Morgan fingerprint density at radius 2 is 2.36 bits per heavy atom. The van der Waals surface area contributed by atoms with Crippen LogP contribution in [0, 0.1) is 0 Å². The van der Waals surface area contributed by atoms with E-state index in [0.29, 0.717) is 6.04 Å². The van der Waals surface area contributed by atoms with Crippen LogP contribution < -0.4 is 10.6 Å². The second kappa shape index (κ2) is 4.28. The highest BCUT2D eigenvalue weighted by Crippen LogP contribution is 2.29. The van der Waals surface area contributed by atoms with Crippen molar-refractivity contribution in [3.8, 4) is 0 Å². The van der Waals surface area contributed by atoms with E-state index in [9.17, 15) is 4.79 Å². The van der Waals surface area contributed by atoms with Gasteiger partial charge in [-0.15, -0.1) is 0 Å². The summed E-state index contributed by atoms with van der Waals surface area (Å²) in [5.74, 6) is 0.198. The fourth-order valence-electron chi connectivity index (χ4n) is 2.14. The molecule has 0 spiro atoms. The van der Waals surface area contributed by atoms with Crippen LogP contribution in [-0.2, 0) is 4.79 Å². The molecule has 14 heavy (non-hydrogen) atoms. The van der Waals surface area contributed by atoms with Gasteiger partial charge in [0, 0.05) is 25.7 Å². The third-order valence-electron chi connectivity index (χ3n) is 3.01. The summed E-state index contributed by atoms with van der Waals surface area (Å²) in [5.41, 5.74) is 0. The molecule has 0 aromatic heterocycles. The highest BCUT2D eigenvalue weighted by Gasteiger charge is 2.37. The first-order valence-corrected chi connectivity index (χ1v) is 5.51. The van der Waals surface area contributed by atoms with Crippen molar-refractivity contribution in [2.24, 2.45) is 0 Å². The number of nitrogens with one attached hydrogen (secondary N) is 2. The van der Waals surface area contributed by atoms with Crippen LogP contribution in [0.5, 0.6) is 0 Å². The second-order valence-electron chi connectivity index (χ2n) is 4.19. The molecule has 80 valence electrons. The standard InChI is InChI=1S/C10H19N3O/c1-11-7-9-10(14)12-5-2-6-13(9)8-3-4-8/h8-9,11H,2-7H2,1H3,(H,12,14). The van der Waals surface area contributed by atoms with Crippen LogP contribution in [0.25, 0.3) is 0 Å². The second-order valence-corrected chi connectivity index (χ2v) is 4.19. The van der Waals surface area contributed by atoms with E-state index in [2.05, 4.69) is 15.5 Å². The zero-order chi connectivity index (χ0) is 9.97. The van der Waals surface area contributed by atoms with Gasteiger partial charge < -0.3 is 10.6 Å². The number of hydrogen-bond acceptors (Lipinski definition) is 3.